The van der Waals surface area contributed by atoms with Crippen LogP contribution in [0.2, 0.25) is 0 Å². The zero-order valence-corrected chi connectivity index (χ0v) is 9.77. The fourth-order valence-corrected chi connectivity index (χ4v) is 1.32. The van der Waals surface area contributed by atoms with Gasteiger partial charge in [0.2, 0.25) is 12.0 Å². The molecule has 92 valence electrons. The van der Waals surface area contributed by atoms with E-state index in [1.165, 1.54) is 33.5 Å². The summed E-state index contributed by atoms with van der Waals surface area (Å²) in [5, 5.41) is 2.37. The number of anilines is 1. The van der Waals surface area contributed by atoms with Crippen molar-refractivity contribution >= 4 is 17.9 Å². The first kappa shape index (κ1) is 12.8. The third-order valence-corrected chi connectivity index (χ3v) is 2.04. The lowest BCUT2D eigenvalue weighted by molar-refractivity contribution is -0.127. The Kier molecular flexibility index (Phi) is 4.33. The molecule has 0 aliphatic carbocycles. The third-order valence-electron chi connectivity index (χ3n) is 2.04. The molecule has 6 nitrogen and oxygen atoms in total. The Hall–Kier alpha value is -2.24. The molecule has 1 aromatic carbocycles. The van der Waals surface area contributed by atoms with Crippen LogP contribution in [0.1, 0.15) is 0 Å². The maximum Gasteiger partial charge on any atom is 0.288 e. The fraction of sp³-hybridized carbons (Fsp3) is 0.273. The molecule has 0 atom stereocenters. The van der Waals surface area contributed by atoms with Crippen LogP contribution >= 0.6 is 0 Å². The van der Waals surface area contributed by atoms with Crippen LogP contribution in [0.4, 0.5) is 5.69 Å². The highest BCUT2D eigenvalue weighted by molar-refractivity contribution is 6.29. The van der Waals surface area contributed by atoms with Gasteiger partial charge >= 0.3 is 0 Å². The number of methoxy groups -OCH3 is 3. The van der Waals surface area contributed by atoms with Crippen LogP contribution < -0.4 is 19.5 Å². The number of rotatable bonds is 5. The molecular weight excluding hydrogens is 226 g/mol. The predicted molar refractivity (Wildman–Crippen MR) is 60.8 cm³/mol. The van der Waals surface area contributed by atoms with E-state index >= 15 is 0 Å². The van der Waals surface area contributed by atoms with Crippen LogP contribution in [-0.2, 0) is 9.59 Å². The van der Waals surface area contributed by atoms with Gasteiger partial charge in [-0.15, -0.1) is 0 Å². The van der Waals surface area contributed by atoms with Crippen LogP contribution in [0.25, 0.3) is 0 Å². The van der Waals surface area contributed by atoms with Crippen LogP contribution in [0.15, 0.2) is 12.1 Å². The first-order valence-corrected chi connectivity index (χ1v) is 4.72. The molecule has 0 aromatic heterocycles. The number of aldehydes is 1. The summed E-state index contributed by atoms with van der Waals surface area (Å²) in [5.41, 5.74) is 0.386. The van der Waals surface area contributed by atoms with Gasteiger partial charge in [-0.25, -0.2) is 0 Å². The normalized spacial score (nSPS) is 9.35. The molecule has 1 amide bonds. The maximum absolute atomic E-state index is 10.9. The van der Waals surface area contributed by atoms with E-state index < -0.39 is 5.91 Å². The van der Waals surface area contributed by atoms with E-state index in [0.29, 0.717) is 22.9 Å². The average molecular weight is 239 g/mol. The lowest BCUT2D eigenvalue weighted by Crippen LogP contribution is -2.12. The molecule has 1 aromatic rings. The number of nitrogens with one attached hydrogen (secondary N) is 1. The molecular formula is C11H13NO5. The van der Waals surface area contributed by atoms with Gasteiger partial charge in [0.15, 0.2) is 11.5 Å². The Morgan fingerprint density at radius 1 is 1.12 bits per heavy atom. The minimum absolute atomic E-state index is 0.184. The van der Waals surface area contributed by atoms with Crippen molar-refractivity contribution in [1.82, 2.24) is 0 Å². The third kappa shape index (κ3) is 2.87. The average Bonchev–Trinajstić information content (AvgIpc) is 2.37. The SMILES string of the molecule is COc1cc(NC(=O)C=O)cc(OC)c1OC. The Balaban J connectivity index is 3.17. The summed E-state index contributed by atoms with van der Waals surface area (Å²) in [6.07, 6.45) is 0.184. The lowest BCUT2D eigenvalue weighted by atomic mass is 10.2. The predicted octanol–water partition coefficient (Wildman–Crippen LogP) is 0.850. The second-order valence-corrected chi connectivity index (χ2v) is 3.02. The van der Waals surface area contributed by atoms with E-state index in [-0.39, 0.29) is 6.29 Å². The van der Waals surface area contributed by atoms with E-state index in [0.717, 1.165) is 0 Å². The first-order chi connectivity index (χ1) is 8.15. The zero-order chi connectivity index (χ0) is 12.8. The number of ether oxygens (including phenoxy) is 3. The molecule has 17 heavy (non-hydrogen) atoms. The fourth-order valence-electron chi connectivity index (χ4n) is 1.32. The topological polar surface area (TPSA) is 73.9 Å². The molecule has 0 saturated heterocycles. The summed E-state index contributed by atoms with van der Waals surface area (Å²) in [6.45, 7) is 0. The van der Waals surface area contributed by atoms with Crippen LogP contribution in [0.5, 0.6) is 17.2 Å². The largest absolute Gasteiger partial charge is 0.493 e. The van der Waals surface area contributed by atoms with Crippen molar-refractivity contribution in [1.29, 1.82) is 0 Å². The number of carbonyl (C=O) groups is 2. The minimum Gasteiger partial charge on any atom is -0.493 e. The first-order valence-electron chi connectivity index (χ1n) is 4.72. The van der Waals surface area contributed by atoms with Crippen LogP contribution in [0.3, 0.4) is 0 Å². The van der Waals surface area contributed by atoms with Gasteiger partial charge < -0.3 is 19.5 Å². The molecule has 0 aliphatic heterocycles. The van der Waals surface area contributed by atoms with E-state index in [4.69, 9.17) is 14.2 Å². The van der Waals surface area contributed by atoms with Gasteiger partial charge in [0.05, 0.1) is 21.3 Å². The van der Waals surface area contributed by atoms with Gasteiger partial charge in [-0.2, -0.15) is 0 Å². The molecule has 0 saturated carbocycles. The van der Waals surface area contributed by atoms with Gasteiger partial charge in [-0.05, 0) is 0 Å². The second kappa shape index (κ2) is 5.74. The van der Waals surface area contributed by atoms with Gasteiger partial charge in [-0.1, -0.05) is 0 Å². The Morgan fingerprint density at radius 3 is 2.00 bits per heavy atom. The smallest absolute Gasteiger partial charge is 0.288 e. The summed E-state index contributed by atoms with van der Waals surface area (Å²) < 4.78 is 15.3. The molecule has 0 heterocycles. The highest BCUT2D eigenvalue weighted by Gasteiger charge is 2.13. The van der Waals surface area contributed by atoms with Gasteiger partial charge in [-0.3, -0.25) is 9.59 Å². The number of amides is 1. The molecule has 0 radical (unpaired) electrons. The standard InChI is InChI=1S/C11H13NO5/c1-15-8-4-7(12-10(14)6-13)5-9(16-2)11(8)17-3/h4-6H,1-3H3,(H,12,14). The Labute approximate surface area is 98.5 Å². The van der Waals surface area contributed by atoms with Gasteiger partial charge in [0.1, 0.15) is 0 Å². The summed E-state index contributed by atoms with van der Waals surface area (Å²) in [7, 11) is 4.40. The van der Waals surface area contributed by atoms with Crippen molar-refractivity contribution in [3.63, 3.8) is 0 Å². The Morgan fingerprint density at radius 2 is 1.65 bits per heavy atom. The number of hydrogen-bond acceptors (Lipinski definition) is 5. The molecule has 6 heteroatoms. The van der Waals surface area contributed by atoms with E-state index in [2.05, 4.69) is 5.32 Å². The van der Waals surface area contributed by atoms with Crippen molar-refractivity contribution in [2.24, 2.45) is 0 Å². The van der Waals surface area contributed by atoms with E-state index in [1.54, 1.807) is 0 Å². The second-order valence-electron chi connectivity index (χ2n) is 3.02. The molecule has 0 unspecified atom stereocenters. The van der Waals surface area contributed by atoms with Crippen molar-refractivity contribution in [3.05, 3.63) is 12.1 Å². The van der Waals surface area contributed by atoms with Crippen LogP contribution in [-0.4, -0.2) is 33.5 Å². The lowest BCUT2D eigenvalue weighted by Gasteiger charge is -2.13. The molecule has 0 bridgehead atoms. The molecule has 1 rings (SSSR count). The highest BCUT2D eigenvalue weighted by Crippen LogP contribution is 2.39. The quantitative estimate of drug-likeness (QED) is 0.609. The van der Waals surface area contributed by atoms with Crippen molar-refractivity contribution in [2.75, 3.05) is 26.6 Å². The maximum atomic E-state index is 10.9. The van der Waals surface area contributed by atoms with E-state index in [1.807, 2.05) is 0 Å². The van der Waals surface area contributed by atoms with Crippen molar-refractivity contribution in [2.45, 2.75) is 0 Å². The molecule has 0 fully saturated rings. The summed E-state index contributed by atoms with van der Waals surface area (Å²) in [5.74, 6) is 0.458. The van der Waals surface area contributed by atoms with Crippen LogP contribution in [0, 0.1) is 0 Å². The zero-order valence-electron chi connectivity index (χ0n) is 9.77. The minimum atomic E-state index is -0.751. The summed E-state index contributed by atoms with van der Waals surface area (Å²) in [4.78, 5) is 21.2. The van der Waals surface area contributed by atoms with Gasteiger partial charge in [0.25, 0.3) is 5.91 Å². The van der Waals surface area contributed by atoms with Crippen molar-refractivity contribution < 1.29 is 23.8 Å². The highest BCUT2D eigenvalue weighted by atomic mass is 16.5. The molecule has 0 spiro atoms. The summed E-state index contributed by atoms with van der Waals surface area (Å²) >= 11 is 0. The number of carbonyl (C=O) groups excluding carboxylic acids is 2. The molecule has 0 aliphatic rings. The number of benzene rings is 1. The van der Waals surface area contributed by atoms with E-state index in [9.17, 15) is 9.59 Å². The summed E-state index contributed by atoms with van der Waals surface area (Å²) in [6, 6.07) is 3.06. The number of hydrogen-bond donors (Lipinski definition) is 1. The monoisotopic (exact) mass is 239 g/mol. The molecule has 1 N–H and O–H groups in total. The van der Waals surface area contributed by atoms with Gasteiger partial charge in [0, 0.05) is 17.8 Å². The van der Waals surface area contributed by atoms with Crippen molar-refractivity contribution in [3.8, 4) is 17.2 Å². The Bertz CT molecular complexity index is 405.